The van der Waals surface area contributed by atoms with Crippen LogP contribution < -0.4 is 15.4 Å². The van der Waals surface area contributed by atoms with Gasteiger partial charge in [-0.3, -0.25) is 4.79 Å². The van der Waals surface area contributed by atoms with Crippen LogP contribution in [0.3, 0.4) is 0 Å². The summed E-state index contributed by atoms with van der Waals surface area (Å²) >= 11 is 0. The van der Waals surface area contributed by atoms with E-state index < -0.39 is 0 Å². The quantitative estimate of drug-likeness (QED) is 0.562. The van der Waals surface area contributed by atoms with Crippen molar-refractivity contribution in [2.45, 2.75) is 38.3 Å². The van der Waals surface area contributed by atoms with Crippen LogP contribution in [0.2, 0.25) is 0 Å². The first-order valence-electron chi connectivity index (χ1n) is 12.1. The van der Waals surface area contributed by atoms with E-state index in [0.717, 1.165) is 60.3 Å². The molecule has 5 rings (SSSR count). The number of hydrogen-bond acceptors (Lipinski definition) is 6. The Hall–Kier alpha value is -3.39. The van der Waals surface area contributed by atoms with Crippen molar-refractivity contribution >= 4 is 11.7 Å². The molecule has 0 bridgehead atoms. The Balaban J connectivity index is 1.49. The highest BCUT2D eigenvalue weighted by Crippen LogP contribution is 2.33. The number of hydrogen-bond donors (Lipinski definition) is 2. The van der Waals surface area contributed by atoms with Crippen molar-refractivity contribution < 1.29 is 9.53 Å². The third-order valence-corrected chi connectivity index (χ3v) is 6.72. The molecule has 2 aromatic heterocycles. The van der Waals surface area contributed by atoms with Gasteiger partial charge in [0.15, 0.2) is 0 Å². The summed E-state index contributed by atoms with van der Waals surface area (Å²) in [6.07, 6.45) is 8.50. The van der Waals surface area contributed by atoms with Gasteiger partial charge in [0.05, 0.1) is 24.8 Å². The van der Waals surface area contributed by atoms with Gasteiger partial charge in [0, 0.05) is 49.5 Å². The number of carbonyl (C=O) groups is 1. The molecule has 1 amide bonds. The summed E-state index contributed by atoms with van der Waals surface area (Å²) < 4.78 is 7.30. The van der Waals surface area contributed by atoms with E-state index in [4.69, 9.17) is 9.72 Å². The fraction of sp³-hybridized carbons (Fsp3) is 0.423. The predicted octanol–water partition coefficient (Wildman–Crippen LogP) is 3.41. The van der Waals surface area contributed by atoms with Crippen LogP contribution in [0, 0.1) is 0 Å². The summed E-state index contributed by atoms with van der Waals surface area (Å²) in [6.45, 7) is 3.39. The summed E-state index contributed by atoms with van der Waals surface area (Å²) in [5.41, 5.74) is 3.73. The molecule has 178 valence electrons. The smallest absolute Gasteiger partial charge is 0.242 e. The maximum atomic E-state index is 13.1. The Labute approximate surface area is 200 Å². The van der Waals surface area contributed by atoms with Gasteiger partial charge in [0.2, 0.25) is 5.91 Å². The fourth-order valence-corrected chi connectivity index (χ4v) is 4.86. The maximum Gasteiger partial charge on any atom is 0.242 e. The molecule has 3 aromatic rings. The standard InChI is InChI=1S/C26H32N6O2/c1-34-22-8-6-19(7-9-22)25-26(20-10-11-28-23(16-20)30-21-4-2-3-5-21)32(18-29-25)17-24(33)31-14-12-27-13-15-31/h6-11,16,18,21,27H,2-5,12-15,17H2,1H3,(H,28,30). The van der Waals surface area contributed by atoms with Crippen molar-refractivity contribution in [3.63, 3.8) is 0 Å². The summed E-state index contributed by atoms with van der Waals surface area (Å²) in [5.74, 6) is 1.77. The molecule has 2 fully saturated rings. The average molecular weight is 461 g/mol. The Morgan fingerprint density at radius 1 is 1.09 bits per heavy atom. The van der Waals surface area contributed by atoms with Gasteiger partial charge in [0.25, 0.3) is 0 Å². The molecule has 1 aliphatic carbocycles. The highest BCUT2D eigenvalue weighted by Gasteiger charge is 2.22. The van der Waals surface area contributed by atoms with Crippen molar-refractivity contribution in [2.75, 3.05) is 38.6 Å². The van der Waals surface area contributed by atoms with E-state index in [0.29, 0.717) is 6.04 Å². The SMILES string of the molecule is COc1ccc(-c2ncn(CC(=O)N3CCNCC3)c2-c2ccnc(NC3CCCC3)c2)cc1. The number of piperazine rings is 1. The molecule has 8 nitrogen and oxygen atoms in total. The Kier molecular flexibility index (Phi) is 6.76. The molecule has 1 saturated carbocycles. The number of amides is 1. The molecule has 8 heteroatoms. The number of pyridine rings is 1. The molecular weight excluding hydrogens is 428 g/mol. The van der Waals surface area contributed by atoms with Crippen molar-refractivity contribution in [1.29, 1.82) is 0 Å². The first-order chi connectivity index (χ1) is 16.7. The normalized spacial score (nSPS) is 16.6. The van der Waals surface area contributed by atoms with Crippen LogP contribution in [0.15, 0.2) is 48.9 Å². The van der Waals surface area contributed by atoms with Crippen LogP contribution in [0.25, 0.3) is 22.5 Å². The number of nitrogens with one attached hydrogen (secondary N) is 2. The zero-order chi connectivity index (χ0) is 23.3. The molecule has 1 saturated heterocycles. The van der Waals surface area contributed by atoms with E-state index >= 15 is 0 Å². The molecule has 1 aliphatic heterocycles. The monoisotopic (exact) mass is 460 g/mol. The Morgan fingerprint density at radius 3 is 2.59 bits per heavy atom. The second-order valence-corrected chi connectivity index (χ2v) is 8.98. The Bertz CT molecular complexity index is 1110. The number of anilines is 1. The molecule has 0 atom stereocenters. The molecule has 2 N–H and O–H groups in total. The fourth-order valence-electron chi connectivity index (χ4n) is 4.86. The van der Waals surface area contributed by atoms with E-state index in [2.05, 4.69) is 21.7 Å². The van der Waals surface area contributed by atoms with Crippen LogP contribution in [0.4, 0.5) is 5.82 Å². The van der Waals surface area contributed by atoms with Gasteiger partial charge in [-0.1, -0.05) is 12.8 Å². The number of aromatic nitrogens is 3. The summed E-state index contributed by atoms with van der Waals surface area (Å²) in [7, 11) is 1.66. The summed E-state index contributed by atoms with van der Waals surface area (Å²) in [6, 6.07) is 12.4. The van der Waals surface area contributed by atoms with Gasteiger partial charge in [0.1, 0.15) is 18.1 Å². The topological polar surface area (TPSA) is 84.3 Å². The number of benzene rings is 1. The van der Waals surface area contributed by atoms with Gasteiger partial charge in [-0.05, 0) is 49.2 Å². The second-order valence-electron chi connectivity index (χ2n) is 8.98. The molecule has 34 heavy (non-hydrogen) atoms. The molecule has 0 radical (unpaired) electrons. The van der Waals surface area contributed by atoms with Crippen molar-refractivity contribution in [2.24, 2.45) is 0 Å². The largest absolute Gasteiger partial charge is 0.497 e. The van der Waals surface area contributed by atoms with E-state index in [1.807, 2.05) is 46.0 Å². The predicted molar refractivity (Wildman–Crippen MR) is 133 cm³/mol. The van der Waals surface area contributed by atoms with Crippen LogP contribution in [0.5, 0.6) is 5.75 Å². The highest BCUT2D eigenvalue weighted by molar-refractivity contribution is 5.82. The zero-order valence-corrected chi connectivity index (χ0v) is 19.7. The lowest BCUT2D eigenvalue weighted by molar-refractivity contribution is -0.132. The third-order valence-electron chi connectivity index (χ3n) is 6.72. The van der Waals surface area contributed by atoms with Crippen LogP contribution >= 0.6 is 0 Å². The van der Waals surface area contributed by atoms with E-state index in [-0.39, 0.29) is 12.5 Å². The van der Waals surface area contributed by atoms with Gasteiger partial charge in [-0.2, -0.15) is 0 Å². The molecule has 0 spiro atoms. The minimum Gasteiger partial charge on any atom is -0.497 e. The second kappa shape index (κ2) is 10.3. The molecular formula is C26H32N6O2. The number of rotatable bonds is 7. The van der Waals surface area contributed by atoms with Crippen molar-refractivity contribution in [1.82, 2.24) is 24.8 Å². The van der Waals surface area contributed by atoms with Crippen LogP contribution in [-0.4, -0.2) is 64.7 Å². The van der Waals surface area contributed by atoms with Crippen LogP contribution in [0.1, 0.15) is 25.7 Å². The number of imidazole rings is 1. The molecule has 0 unspecified atom stereocenters. The third kappa shape index (κ3) is 4.92. The van der Waals surface area contributed by atoms with Gasteiger partial charge in [-0.25, -0.2) is 9.97 Å². The van der Waals surface area contributed by atoms with Crippen molar-refractivity contribution in [3.05, 3.63) is 48.9 Å². The Morgan fingerprint density at radius 2 is 1.85 bits per heavy atom. The maximum absolute atomic E-state index is 13.1. The van der Waals surface area contributed by atoms with Gasteiger partial charge < -0.3 is 24.8 Å². The molecule has 3 heterocycles. The van der Waals surface area contributed by atoms with Gasteiger partial charge >= 0.3 is 0 Å². The number of ether oxygens (including phenoxy) is 1. The number of carbonyl (C=O) groups excluding carboxylic acids is 1. The molecule has 1 aromatic carbocycles. The van der Waals surface area contributed by atoms with Crippen LogP contribution in [-0.2, 0) is 11.3 Å². The minimum atomic E-state index is 0.111. The van der Waals surface area contributed by atoms with E-state index in [9.17, 15) is 4.79 Å². The molecule has 2 aliphatic rings. The number of nitrogens with zero attached hydrogens (tertiary/aromatic N) is 4. The zero-order valence-electron chi connectivity index (χ0n) is 19.7. The number of methoxy groups -OCH3 is 1. The summed E-state index contributed by atoms with van der Waals surface area (Å²) in [5, 5.41) is 6.89. The van der Waals surface area contributed by atoms with E-state index in [1.165, 1.54) is 25.7 Å². The lowest BCUT2D eigenvalue weighted by Crippen LogP contribution is -2.47. The lowest BCUT2D eigenvalue weighted by Gasteiger charge is -2.27. The minimum absolute atomic E-state index is 0.111. The summed E-state index contributed by atoms with van der Waals surface area (Å²) in [4.78, 5) is 24.3. The first kappa shape index (κ1) is 22.4. The first-order valence-corrected chi connectivity index (χ1v) is 12.1. The van der Waals surface area contributed by atoms with E-state index in [1.54, 1.807) is 13.4 Å². The highest BCUT2D eigenvalue weighted by atomic mass is 16.5. The lowest BCUT2D eigenvalue weighted by atomic mass is 10.0. The van der Waals surface area contributed by atoms with Crippen molar-refractivity contribution in [3.8, 4) is 28.3 Å². The van der Waals surface area contributed by atoms with Gasteiger partial charge in [-0.15, -0.1) is 0 Å². The average Bonchev–Trinajstić information content (AvgIpc) is 3.55.